The number of nitrogens with two attached hydrogens (primary N) is 1. The summed E-state index contributed by atoms with van der Waals surface area (Å²) in [5.41, 5.74) is 8.25. The predicted molar refractivity (Wildman–Crippen MR) is 91.0 cm³/mol. The highest BCUT2D eigenvalue weighted by Crippen LogP contribution is 2.35. The first-order chi connectivity index (χ1) is 9.74. The Hall–Kier alpha value is -1.06. The lowest BCUT2D eigenvalue weighted by Gasteiger charge is -2.26. The van der Waals surface area contributed by atoms with Crippen molar-refractivity contribution in [3.63, 3.8) is 0 Å². The van der Waals surface area contributed by atoms with Crippen LogP contribution in [0.5, 0.6) is 0 Å². The topological polar surface area (TPSA) is 43.8 Å². The summed E-state index contributed by atoms with van der Waals surface area (Å²) in [5.74, 6) is 1.31. The molecular formula is C17H26ClN3. The fourth-order valence-corrected chi connectivity index (χ4v) is 3.22. The molecule has 116 valence electrons. The number of imidazole rings is 1. The van der Waals surface area contributed by atoms with Crippen molar-refractivity contribution in [2.45, 2.75) is 53.0 Å². The lowest BCUT2D eigenvalue weighted by molar-refractivity contribution is 0.329. The summed E-state index contributed by atoms with van der Waals surface area (Å²) in [6.07, 6.45) is 1.01. The maximum atomic E-state index is 6.41. The molecule has 1 aromatic heterocycles. The highest BCUT2D eigenvalue weighted by molar-refractivity contribution is 6.35. The van der Waals surface area contributed by atoms with E-state index in [1.807, 2.05) is 18.2 Å². The molecule has 0 saturated heterocycles. The van der Waals surface area contributed by atoms with Gasteiger partial charge in [0.1, 0.15) is 5.82 Å². The smallest absolute Gasteiger partial charge is 0.114 e. The second-order valence-corrected chi connectivity index (χ2v) is 7.65. The SMILES string of the molecule is CC(C)n1c(C(CN)CC(C)(C)C)nc2cccc(Cl)c21. The summed E-state index contributed by atoms with van der Waals surface area (Å²) in [6, 6.07) is 6.20. The minimum absolute atomic E-state index is 0.216. The van der Waals surface area contributed by atoms with Crippen LogP contribution < -0.4 is 5.73 Å². The fourth-order valence-electron chi connectivity index (χ4n) is 2.95. The minimum atomic E-state index is 0.216. The second kappa shape index (κ2) is 5.98. The number of nitrogens with zero attached hydrogens (tertiary/aromatic N) is 2. The number of benzene rings is 1. The van der Waals surface area contributed by atoms with Gasteiger partial charge >= 0.3 is 0 Å². The molecule has 2 N–H and O–H groups in total. The van der Waals surface area contributed by atoms with E-state index in [0.717, 1.165) is 28.3 Å². The summed E-state index contributed by atoms with van der Waals surface area (Å²) in [7, 11) is 0. The van der Waals surface area contributed by atoms with Crippen molar-refractivity contribution in [2.75, 3.05) is 6.54 Å². The van der Waals surface area contributed by atoms with Gasteiger partial charge in [-0.25, -0.2) is 4.98 Å². The predicted octanol–water partition coefficient (Wildman–Crippen LogP) is 4.75. The Kier molecular flexibility index (Phi) is 4.64. The van der Waals surface area contributed by atoms with Crippen LogP contribution in [0.2, 0.25) is 5.02 Å². The molecule has 0 amide bonds. The van der Waals surface area contributed by atoms with E-state index in [-0.39, 0.29) is 11.3 Å². The molecule has 2 rings (SSSR count). The summed E-state index contributed by atoms with van der Waals surface area (Å²) < 4.78 is 2.25. The number of rotatable bonds is 4. The van der Waals surface area contributed by atoms with Gasteiger partial charge in [0.05, 0.1) is 16.1 Å². The molecule has 1 heterocycles. The molecular weight excluding hydrogens is 282 g/mol. The van der Waals surface area contributed by atoms with Gasteiger partial charge in [0, 0.05) is 18.5 Å². The lowest BCUT2D eigenvalue weighted by Crippen LogP contribution is -2.23. The Bertz CT molecular complexity index is 623. The number of hydrogen-bond donors (Lipinski definition) is 1. The number of aromatic nitrogens is 2. The van der Waals surface area contributed by atoms with Crippen LogP contribution in [0.25, 0.3) is 11.0 Å². The van der Waals surface area contributed by atoms with Gasteiger partial charge in [-0.2, -0.15) is 0 Å². The molecule has 3 nitrogen and oxygen atoms in total. The van der Waals surface area contributed by atoms with Gasteiger partial charge < -0.3 is 10.3 Å². The van der Waals surface area contributed by atoms with Gasteiger partial charge in [0.25, 0.3) is 0 Å². The van der Waals surface area contributed by atoms with Crippen LogP contribution in [-0.2, 0) is 0 Å². The van der Waals surface area contributed by atoms with Gasteiger partial charge in [0.2, 0.25) is 0 Å². The van der Waals surface area contributed by atoms with Gasteiger partial charge in [0.15, 0.2) is 0 Å². The quantitative estimate of drug-likeness (QED) is 0.886. The van der Waals surface area contributed by atoms with E-state index < -0.39 is 0 Å². The molecule has 0 bridgehead atoms. The summed E-state index contributed by atoms with van der Waals surface area (Å²) in [4.78, 5) is 4.85. The zero-order valence-electron chi connectivity index (χ0n) is 13.7. The van der Waals surface area contributed by atoms with Crippen molar-refractivity contribution in [1.82, 2.24) is 9.55 Å². The van der Waals surface area contributed by atoms with Crippen LogP contribution in [0.15, 0.2) is 18.2 Å². The molecule has 2 aromatic rings. The van der Waals surface area contributed by atoms with Crippen molar-refractivity contribution in [2.24, 2.45) is 11.1 Å². The van der Waals surface area contributed by atoms with Gasteiger partial charge in [-0.1, -0.05) is 38.4 Å². The molecule has 4 heteroatoms. The first-order valence-electron chi connectivity index (χ1n) is 7.61. The monoisotopic (exact) mass is 307 g/mol. The van der Waals surface area contributed by atoms with E-state index in [1.165, 1.54) is 0 Å². The molecule has 0 fully saturated rings. The van der Waals surface area contributed by atoms with E-state index in [0.29, 0.717) is 12.6 Å². The summed E-state index contributed by atoms with van der Waals surface area (Å²) >= 11 is 6.41. The lowest BCUT2D eigenvalue weighted by atomic mass is 9.84. The maximum absolute atomic E-state index is 6.41. The normalized spacial score (nSPS) is 14.1. The molecule has 0 saturated carbocycles. The van der Waals surface area contributed by atoms with Crippen molar-refractivity contribution in [3.8, 4) is 0 Å². The molecule has 0 aliphatic heterocycles. The average Bonchev–Trinajstić information content (AvgIpc) is 2.75. The Labute approximate surface area is 132 Å². The minimum Gasteiger partial charge on any atom is -0.330 e. The van der Waals surface area contributed by atoms with Crippen molar-refractivity contribution in [3.05, 3.63) is 29.0 Å². The van der Waals surface area contributed by atoms with E-state index >= 15 is 0 Å². The number of halogens is 1. The number of para-hydroxylation sites is 1. The van der Waals surface area contributed by atoms with Crippen LogP contribution >= 0.6 is 11.6 Å². The summed E-state index contributed by atoms with van der Waals surface area (Å²) in [6.45, 7) is 11.7. The Morgan fingerprint density at radius 2 is 1.95 bits per heavy atom. The van der Waals surface area contributed by atoms with Gasteiger partial charge in [-0.05, 0) is 37.8 Å². The molecule has 0 radical (unpaired) electrons. The van der Waals surface area contributed by atoms with Crippen LogP contribution in [0.4, 0.5) is 0 Å². The van der Waals surface area contributed by atoms with Gasteiger partial charge in [-0.3, -0.25) is 0 Å². The van der Waals surface area contributed by atoms with E-state index in [9.17, 15) is 0 Å². The largest absolute Gasteiger partial charge is 0.330 e. The van der Waals surface area contributed by atoms with Crippen molar-refractivity contribution >= 4 is 22.6 Å². The zero-order chi connectivity index (χ0) is 15.8. The Morgan fingerprint density at radius 3 is 2.48 bits per heavy atom. The van der Waals surface area contributed by atoms with Crippen molar-refractivity contribution in [1.29, 1.82) is 0 Å². The number of hydrogen-bond acceptors (Lipinski definition) is 2. The zero-order valence-corrected chi connectivity index (χ0v) is 14.4. The first-order valence-corrected chi connectivity index (χ1v) is 7.99. The van der Waals surface area contributed by atoms with Crippen LogP contribution in [-0.4, -0.2) is 16.1 Å². The maximum Gasteiger partial charge on any atom is 0.114 e. The molecule has 1 atom stereocenters. The molecule has 0 aliphatic rings. The van der Waals surface area contributed by atoms with Crippen LogP contribution in [0.3, 0.4) is 0 Å². The molecule has 21 heavy (non-hydrogen) atoms. The highest BCUT2D eigenvalue weighted by Gasteiger charge is 2.26. The van der Waals surface area contributed by atoms with E-state index in [4.69, 9.17) is 22.3 Å². The van der Waals surface area contributed by atoms with E-state index in [1.54, 1.807) is 0 Å². The molecule has 0 spiro atoms. The van der Waals surface area contributed by atoms with Crippen LogP contribution in [0, 0.1) is 5.41 Å². The summed E-state index contributed by atoms with van der Waals surface area (Å²) in [5, 5.41) is 0.756. The van der Waals surface area contributed by atoms with Crippen molar-refractivity contribution < 1.29 is 0 Å². The third-order valence-electron chi connectivity index (χ3n) is 3.71. The number of fused-ring (bicyclic) bond motifs is 1. The third-order valence-corrected chi connectivity index (χ3v) is 4.02. The molecule has 1 unspecified atom stereocenters. The fraction of sp³-hybridized carbons (Fsp3) is 0.588. The van der Waals surface area contributed by atoms with Crippen LogP contribution in [0.1, 0.15) is 58.8 Å². The average molecular weight is 308 g/mol. The van der Waals surface area contributed by atoms with Gasteiger partial charge in [-0.15, -0.1) is 0 Å². The Morgan fingerprint density at radius 1 is 1.29 bits per heavy atom. The highest BCUT2D eigenvalue weighted by atomic mass is 35.5. The molecule has 0 aliphatic carbocycles. The Balaban J connectivity index is 2.62. The molecule has 1 aromatic carbocycles. The standard InChI is InChI=1S/C17H26ClN3/c1-11(2)21-15-13(18)7-6-8-14(15)20-16(21)12(10-19)9-17(3,4)5/h6-8,11-12H,9-10,19H2,1-5H3. The second-order valence-electron chi connectivity index (χ2n) is 7.24. The third kappa shape index (κ3) is 3.41. The first kappa shape index (κ1) is 16.3. The van der Waals surface area contributed by atoms with E-state index in [2.05, 4.69) is 39.2 Å².